The number of ether oxygens (including phenoxy) is 3. The maximum absolute atomic E-state index is 13.2. The highest BCUT2D eigenvalue weighted by atomic mass is 32.1. The lowest BCUT2D eigenvalue weighted by molar-refractivity contribution is -0.131. The average Bonchev–Trinajstić information content (AvgIpc) is 3.49. The van der Waals surface area contributed by atoms with E-state index in [0.717, 1.165) is 4.90 Å². The van der Waals surface area contributed by atoms with E-state index in [9.17, 15) is 14.0 Å². The van der Waals surface area contributed by atoms with E-state index in [0.29, 0.717) is 33.5 Å². The number of amides is 3. The Morgan fingerprint density at radius 3 is 2.78 bits per heavy atom. The van der Waals surface area contributed by atoms with Gasteiger partial charge in [-0.3, -0.25) is 9.69 Å². The van der Waals surface area contributed by atoms with Crippen molar-refractivity contribution in [3.05, 3.63) is 69.9 Å². The number of carbonyl (C=O) groups is 2. The number of halogens is 1. The van der Waals surface area contributed by atoms with Crippen LogP contribution in [0.5, 0.6) is 17.2 Å². The molecule has 3 amide bonds. The molecule has 2 aliphatic rings. The van der Waals surface area contributed by atoms with Crippen LogP contribution in [0, 0.1) is 5.82 Å². The minimum Gasteiger partial charge on any atom is -0.486 e. The SMILES string of the molecule is C[C@@]1(c2ccc3c(c2)OCO3)NC(=O)N(Cc2csc(COc3ccc(F)cc3)n2)C1=O. The van der Waals surface area contributed by atoms with E-state index >= 15 is 0 Å². The fourth-order valence-electron chi connectivity index (χ4n) is 3.57. The molecule has 3 aromatic rings. The second kappa shape index (κ2) is 7.79. The first-order chi connectivity index (χ1) is 15.4. The summed E-state index contributed by atoms with van der Waals surface area (Å²) in [5.74, 6) is 0.948. The van der Waals surface area contributed by atoms with E-state index in [1.54, 1.807) is 30.5 Å². The van der Waals surface area contributed by atoms with E-state index in [1.807, 2.05) is 0 Å². The Bertz CT molecular complexity index is 1200. The standard InChI is InChI=1S/C22H18FN3O5S/c1-22(13-2-7-17-18(8-13)31-12-30-17)20(27)26(21(28)25-22)9-15-11-32-19(24-15)10-29-16-5-3-14(23)4-6-16/h2-8,11H,9-10,12H2,1H3,(H,25,28)/t22-/m0/s1. The van der Waals surface area contributed by atoms with Crippen LogP contribution in [0.2, 0.25) is 0 Å². The molecule has 5 rings (SSSR count). The molecule has 1 saturated heterocycles. The molecule has 1 fully saturated rings. The maximum Gasteiger partial charge on any atom is 0.325 e. The molecular formula is C22H18FN3O5S. The monoisotopic (exact) mass is 455 g/mol. The van der Waals surface area contributed by atoms with Crippen molar-refractivity contribution in [3.63, 3.8) is 0 Å². The van der Waals surface area contributed by atoms with Crippen molar-refractivity contribution >= 4 is 23.3 Å². The Balaban J connectivity index is 1.27. The smallest absolute Gasteiger partial charge is 0.325 e. The van der Waals surface area contributed by atoms with Gasteiger partial charge in [0, 0.05) is 5.38 Å². The molecule has 1 aromatic heterocycles. The zero-order chi connectivity index (χ0) is 22.3. The molecule has 0 radical (unpaired) electrons. The topological polar surface area (TPSA) is 90.0 Å². The number of hydrogen-bond acceptors (Lipinski definition) is 7. The summed E-state index contributed by atoms with van der Waals surface area (Å²) in [5, 5.41) is 5.23. The molecule has 32 heavy (non-hydrogen) atoms. The number of benzene rings is 2. The molecular weight excluding hydrogens is 437 g/mol. The molecule has 0 saturated carbocycles. The molecule has 1 N–H and O–H groups in total. The van der Waals surface area contributed by atoms with Gasteiger partial charge in [0.1, 0.15) is 28.7 Å². The van der Waals surface area contributed by atoms with Crippen LogP contribution in [0.4, 0.5) is 9.18 Å². The van der Waals surface area contributed by atoms with Crippen LogP contribution >= 0.6 is 11.3 Å². The summed E-state index contributed by atoms with van der Waals surface area (Å²) in [5.41, 5.74) is -0.0387. The largest absolute Gasteiger partial charge is 0.486 e. The van der Waals surface area contributed by atoms with Crippen LogP contribution in [0.25, 0.3) is 0 Å². The highest BCUT2D eigenvalue weighted by Crippen LogP contribution is 2.38. The van der Waals surface area contributed by atoms with Gasteiger partial charge in [-0.05, 0) is 48.9 Å². The molecule has 0 bridgehead atoms. The number of fused-ring (bicyclic) bond motifs is 1. The average molecular weight is 455 g/mol. The summed E-state index contributed by atoms with van der Waals surface area (Å²) >= 11 is 1.36. The molecule has 0 aliphatic carbocycles. The number of imide groups is 1. The Labute approximate surface area is 186 Å². The molecule has 2 aliphatic heterocycles. The van der Waals surface area contributed by atoms with Crippen molar-refractivity contribution in [2.45, 2.75) is 25.6 Å². The highest BCUT2D eigenvalue weighted by Gasteiger charge is 2.49. The predicted octanol–water partition coefficient (Wildman–Crippen LogP) is 3.56. The molecule has 0 spiro atoms. The van der Waals surface area contributed by atoms with Gasteiger partial charge in [-0.1, -0.05) is 6.07 Å². The van der Waals surface area contributed by atoms with Crippen molar-refractivity contribution in [3.8, 4) is 17.2 Å². The zero-order valence-corrected chi connectivity index (χ0v) is 17.8. The Morgan fingerprint density at radius 1 is 1.19 bits per heavy atom. The summed E-state index contributed by atoms with van der Waals surface area (Å²) in [4.78, 5) is 31.4. The quantitative estimate of drug-likeness (QED) is 0.572. The second-order valence-electron chi connectivity index (χ2n) is 7.49. The molecule has 3 heterocycles. The first-order valence-corrected chi connectivity index (χ1v) is 10.7. The minimum absolute atomic E-state index is 0.0395. The number of nitrogens with zero attached hydrogens (tertiary/aromatic N) is 2. The number of carbonyl (C=O) groups excluding carboxylic acids is 2. The van der Waals surface area contributed by atoms with Gasteiger partial charge in [-0.15, -0.1) is 11.3 Å². The van der Waals surface area contributed by atoms with Crippen LogP contribution in [0.15, 0.2) is 47.8 Å². The van der Waals surface area contributed by atoms with Crippen LogP contribution < -0.4 is 19.5 Å². The van der Waals surface area contributed by atoms with Gasteiger partial charge in [-0.25, -0.2) is 14.2 Å². The summed E-state index contributed by atoms with van der Waals surface area (Å²) in [7, 11) is 0. The van der Waals surface area contributed by atoms with E-state index in [2.05, 4.69) is 10.3 Å². The van der Waals surface area contributed by atoms with Gasteiger partial charge in [-0.2, -0.15) is 0 Å². The Kier molecular flexibility index (Phi) is 4.93. The first kappa shape index (κ1) is 20.3. The third kappa shape index (κ3) is 3.62. The number of thiazole rings is 1. The third-order valence-electron chi connectivity index (χ3n) is 5.32. The van der Waals surface area contributed by atoms with Gasteiger partial charge in [0.15, 0.2) is 11.5 Å². The fraction of sp³-hybridized carbons (Fsp3) is 0.227. The maximum atomic E-state index is 13.2. The van der Waals surface area contributed by atoms with Crippen LogP contribution in [-0.2, 0) is 23.5 Å². The van der Waals surface area contributed by atoms with Gasteiger partial charge in [0.25, 0.3) is 5.91 Å². The molecule has 0 unspecified atom stereocenters. The third-order valence-corrected chi connectivity index (χ3v) is 6.19. The summed E-state index contributed by atoms with van der Waals surface area (Å²) in [6.45, 7) is 2.02. The first-order valence-electron chi connectivity index (χ1n) is 9.78. The Morgan fingerprint density at radius 2 is 1.97 bits per heavy atom. The van der Waals surface area contributed by atoms with Crippen molar-refractivity contribution in [2.75, 3.05) is 6.79 Å². The number of hydrogen-bond donors (Lipinski definition) is 1. The highest BCUT2D eigenvalue weighted by molar-refractivity contribution is 7.09. The minimum atomic E-state index is -1.22. The van der Waals surface area contributed by atoms with E-state index in [1.165, 1.54) is 35.6 Å². The molecule has 1 atom stereocenters. The molecule has 2 aromatic carbocycles. The summed E-state index contributed by atoms with van der Waals surface area (Å²) < 4.78 is 29.3. The Hall–Kier alpha value is -3.66. The van der Waals surface area contributed by atoms with Crippen molar-refractivity contribution in [2.24, 2.45) is 0 Å². The number of aromatic nitrogens is 1. The number of rotatable bonds is 6. The number of urea groups is 1. The fourth-order valence-corrected chi connectivity index (χ4v) is 4.27. The molecule has 10 heteroatoms. The number of nitrogens with one attached hydrogen (secondary N) is 1. The van der Waals surface area contributed by atoms with Gasteiger partial charge < -0.3 is 19.5 Å². The van der Waals surface area contributed by atoms with Crippen molar-refractivity contribution < 1.29 is 28.2 Å². The van der Waals surface area contributed by atoms with Gasteiger partial charge in [0.05, 0.1) is 12.2 Å². The summed E-state index contributed by atoms with van der Waals surface area (Å²) in [6, 6.07) is 10.4. The van der Waals surface area contributed by atoms with E-state index in [-0.39, 0.29) is 31.7 Å². The lowest BCUT2D eigenvalue weighted by atomic mass is 9.91. The van der Waals surface area contributed by atoms with Gasteiger partial charge >= 0.3 is 6.03 Å². The summed E-state index contributed by atoms with van der Waals surface area (Å²) in [6.07, 6.45) is 0. The lowest BCUT2D eigenvalue weighted by Gasteiger charge is -2.22. The molecule has 8 nitrogen and oxygen atoms in total. The van der Waals surface area contributed by atoms with Crippen LogP contribution in [0.1, 0.15) is 23.2 Å². The van der Waals surface area contributed by atoms with Crippen LogP contribution in [-0.4, -0.2) is 28.6 Å². The predicted molar refractivity (Wildman–Crippen MR) is 112 cm³/mol. The zero-order valence-electron chi connectivity index (χ0n) is 17.0. The van der Waals surface area contributed by atoms with E-state index < -0.39 is 11.6 Å². The lowest BCUT2D eigenvalue weighted by Crippen LogP contribution is -2.40. The van der Waals surface area contributed by atoms with Crippen molar-refractivity contribution in [1.29, 1.82) is 0 Å². The molecule has 164 valence electrons. The second-order valence-corrected chi connectivity index (χ2v) is 8.43. The van der Waals surface area contributed by atoms with Gasteiger partial charge in [0.2, 0.25) is 6.79 Å². The van der Waals surface area contributed by atoms with Crippen LogP contribution in [0.3, 0.4) is 0 Å². The normalized spacial score (nSPS) is 19.4. The van der Waals surface area contributed by atoms with E-state index in [4.69, 9.17) is 14.2 Å². The van der Waals surface area contributed by atoms with Crippen molar-refractivity contribution in [1.82, 2.24) is 15.2 Å².